The van der Waals surface area contributed by atoms with Crippen LogP contribution in [0.25, 0.3) is 0 Å². The van der Waals surface area contributed by atoms with Crippen LogP contribution in [0, 0.1) is 16.7 Å². The molecule has 0 aromatic rings. The number of rotatable bonds is 28. The Morgan fingerprint density at radius 2 is 0.805 bits per heavy atom. The fourth-order valence-corrected chi connectivity index (χ4v) is 7.68. The van der Waals surface area contributed by atoms with Gasteiger partial charge in [-0.3, -0.25) is 9.59 Å². The topological polar surface area (TPSA) is 74.6 Å². The van der Waals surface area contributed by atoms with Gasteiger partial charge in [-0.2, -0.15) is 0 Å². The lowest BCUT2D eigenvalue weighted by Gasteiger charge is -2.50. The first-order chi connectivity index (χ1) is 19.9. The van der Waals surface area contributed by atoms with E-state index in [2.05, 4.69) is 20.8 Å². The highest BCUT2D eigenvalue weighted by atomic mass is 16.4. The molecule has 1 saturated carbocycles. The minimum Gasteiger partial charge on any atom is -0.481 e. The Balaban J connectivity index is 2.48. The smallest absolute Gasteiger partial charge is 0.310 e. The summed E-state index contributed by atoms with van der Waals surface area (Å²) >= 11 is 0. The van der Waals surface area contributed by atoms with Crippen molar-refractivity contribution >= 4 is 11.9 Å². The number of hydrogen-bond acceptors (Lipinski definition) is 2. The number of hydrogen-bond donors (Lipinski definition) is 2. The quantitative estimate of drug-likeness (QED) is 0.0905. The van der Waals surface area contributed by atoms with Crippen LogP contribution in [-0.2, 0) is 9.59 Å². The van der Waals surface area contributed by atoms with Crippen LogP contribution in [0.1, 0.15) is 207 Å². The van der Waals surface area contributed by atoms with Gasteiger partial charge in [0.1, 0.15) is 0 Å². The lowest BCUT2D eigenvalue weighted by Crippen LogP contribution is -2.56. The van der Waals surface area contributed by atoms with Crippen molar-refractivity contribution in [2.24, 2.45) is 16.7 Å². The molecule has 1 rings (SSSR count). The Morgan fingerprint density at radius 1 is 0.512 bits per heavy atom. The van der Waals surface area contributed by atoms with Crippen molar-refractivity contribution in [1.82, 2.24) is 0 Å². The van der Waals surface area contributed by atoms with Crippen molar-refractivity contribution in [3.8, 4) is 0 Å². The molecule has 3 atom stereocenters. The third-order valence-corrected chi connectivity index (χ3v) is 10.4. The fraction of sp³-hybridized carbons (Fsp3) is 0.946. The molecule has 1 aliphatic carbocycles. The molecule has 0 radical (unpaired) electrons. The molecule has 1 fully saturated rings. The van der Waals surface area contributed by atoms with Gasteiger partial charge in [0, 0.05) is 0 Å². The van der Waals surface area contributed by atoms with Gasteiger partial charge in [-0.25, -0.2) is 0 Å². The molecule has 242 valence electrons. The summed E-state index contributed by atoms with van der Waals surface area (Å²) in [6.07, 6.45) is 32.7. The van der Waals surface area contributed by atoms with Crippen LogP contribution in [0.5, 0.6) is 0 Å². The third kappa shape index (κ3) is 14.3. The molecule has 0 saturated heterocycles. The predicted molar refractivity (Wildman–Crippen MR) is 175 cm³/mol. The summed E-state index contributed by atoms with van der Waals surface area (Å²) in [5, 5.41) is 21.2. The third-order valence-electron chi connectivity index (χ3n) is 10.4. The number of carboxylic acid groups (broad SMARTS) is 2. The minimum atomic E-state index is -1.12. The van der Waals surface area contributed by atoms with Crippen LogP contribution in [-0.4, -0.2) is 22.2 Å². The molecule has 0 heterocycles. The van der Waals surface area contributed by atoms with Crippen LogP contribution in [0.15, 0.2) is 0 Å². The van der Waals surface area contributed by atoms with Gasteiger partial charge in [-0.1, -0.05) is 175 Å². The molecule has 0 amide bonds. The average Bonchev–Trinajstić information content (AvgIpc) is 2.95. The monoisotopic (exact) mass is 579 g/mol. The second-order valence-electron chi connectivity index (χ2n) is 13.9. The second kappa shape index (κ2) is 23.4. The van der Waals surface area contributed by atoms with E-state index in [1.165, 1.54) is 116 Å². The summed E-state index contributed by atoms with van der Waals surface area (Å²) in [6.45, 7) is 6.64. The van der Waals surface area contributed by atoms with Gasteiger partial charge in [0.05, 0.1) is 10.8 Å². The predicted octanol–water partition coefficient (Wildman–Crippen LogP) is 12.1. The van der Waals surface area contributed by atoms with Crippen molar-refractivity contribution in [2.45, 2.75) is 207 Å². The second-order valence-corrected chi connectivity index (χ2v) is 13.9. The summed E-state index contributed by atoms with van der Waals surface area (Å²) < 4.78 is 0. The Labute approximate surface area is 255 Å². The maximum atomic E-state index is 12.9. The van der Waals surface area contributed by atoms with E-state index in [-0.39, 0.29) is 5.92 Å². The van der Waals surface area contributed by atoms with Crippen molar-refractivity contribution in [2.75, 3.05) is 0 Å². The van der Waals surface area contributed by atoms with Gasteiger partial charge in [0.2, 0.25) is 0 Å². The van der Waals surface area contributed by atoms with E-state index >= 15 is 0 Å². The molecule has 2 N–H and O–H groups in total. The van der Waals surface area contributed by atoms with E-state index in [4.69, 9.17) is 0 Å². The fourth-order valence-electron chi connectivity index (χ4n) is 7.68. The highest BCUT2D eigenvalue weighted by molar-refractivity contribution is 5.87. The van der Waals surface area contributed by atoms with E-state index < -0.39 is 22.8 Å². The molecule has 0 aromatic heterocycles. The van der Waals surface area contributed by atoms with Gasteiger partial charge in [-0.05, 0) is 38.0 Å². The van der Waals surface area contributed by atoms with Gasteiger partial charge < -0.3 is 10.2 Å². The lowest BCUT2D eigenvalue weighted by molar-refractivity contribution is -0.185. The lowest BCUT2D eigenvalue weighted by atomic mass is 9.50. The normalized spacial score (nSPS) is 22.7. The molecular weight excluding hydrogens is 508 g/mol. The van der Waals surface area contributed by atoms with E-state index in [9.17, 15) is 19.8 Å². The molecule has 3 unspecified atom stereocenters. The molecule has 4 heteroatoms. The van der Waals surface area contributed by atoms with Gasteiger partial charge in [-0.15, -0.1) is 0 Å². The zero-order valence-corrected chi connectivity index (χ0v) is 27.8. The van der Waals surface area contributed by atoms with Gasteiger partial charge in [0.25, 0.3) is 0 Å². The average molecular weight is 579 g/mol. The number of carbonyl (C=O) groups is 2. The Bertz CT molecular complexity index is 661. The van der Waals surface area contributed by atoms with Crippen molar-refractivity contribution in [3.05, 3.63) is 0 Å². The first-order valence-corrected chi connectivity index (χ1v) is 18.3. The van der Waals surface area contributed by atoms with Crippen LogP contribution in [0.3, 0.4) is 0 Å². The van der Waals surface area contributed by atoms with Crippen molar-refractivity contribution < 1.29 is 19.8 Å². The summed E-state index contributed by atoms with van der Waals surface area (Å²) in [4.78, 5) is 25.8. The highest BCUT2D eigenvalue weighted by Gasteiger charge is 2.62. The molecule has 4 nitrogen and oxygen atoms in total. The molecule has 0 bridgehead atoms. The maximum Gasteiger partial charge on any atom is 0.310 e. The molecule has 41 heavy (non-hydrogen) atoms. The van der Waals surface area contributed by atoms with Crippen LogP contribution < -0.4 is 0 Å². The Kier molecular flexibility index (Phi) is 21.7. The van der Waals surface area contributed by atoms with Gasteiger partial charge in [0.15, 0.2) is 0 Å². The zero-order chi connectivity index (χ0) is 30.2. The van der Waals surface area contributed by atoms with Gasteiger partial charge >= 0.3 is 11.9 Å². The first kappa shape index (κ1) is 38.0. The van der Waals surface area contributed by atoms with Crippen LogP contribution in [0.4, 0.5) is 0 Å². The number of aliphatic carboxylic acids is 2. The number of unbranched alkanes of at least 4 members (excludes halogenated alkanes) is 22. The molecule has 0 aromatic carbocycles. The largest absolute Gasteiger partial charge is 0.481 e. The van der Waals surface area contributed by atoms with E-state index in [1.807, 2.05) is 0 Å². The molecule has 0 spiro atoms. The van der Waals surface area contributed by atoms with E-state index in [1.54, 1.807) is 0 Å². The first-order valence-electron chi connectivity index (χ1n) is 18.3. The van der Waals surface area contributed by atoms with Crippen molar-refractivity contribution in [3.63, 3.8) is 0 Å². The Morgan fingerprint density at radius 3 is 1.12 bits per heavy atom. The van der Waals surface area contributed by atoms with E-state index in [0.717, 1.165) is 44.9 Å². The van der Waals surface area contributed by atoms with E-state index in [0.29, 0.717) is 25.7 Å². The summed E-state index contributed by atoms with van der Waals surface area (Å²) in [5.41, 5.74) is -2.23. The minimum absolute atomic E-state index is 0.276. The summed E-state index contributed by atoms with van der Waals surface area (Å²) in [5.74, 6) is -1.43. The molecule has 0 aliphatic heterocycles. The van der Waals surface area contributed by atoms with Crippen molar-refractivity contribution in [1.29, 1.82) is 0 Å². The highest BCUT2D eigenvalue weighted by Crippen LogP contribution is 2.58. The number of carboxylic acids is 2. The SMILES string of the molecule is CCCCCCCCCCCCCCC1(C(=O)O)CCC(C)CC1(CCCCCCCCCCCCCC)C(=O)O. The Hall–Kier alpha value is -1.06. The van der Waals surface area contributed by atoms with Crippen LogP contribution >= 0.6 is 0 Å². The standard InChI is InChI=1S/C37H70O4/c1-4-6-8-10-12-14-16-18-20-22-24-26-29-36(34(38)39)31-28-33(3)32-37(36,35(40)41)30-27-25-23-21-19-17-15-13-11-9-7-5-2/h33H,4-32H2,1-3H3,(H,38,39)(H,40,41). The molecular formula is C37H70O4. The molecule has 1 aliphatic rings. The summed E-state index contributed by atoms with van der Waals surface area (Å²) in [6, 6.07) is 0. The maximum absolute atomic E-state index is 12.9. The van der Waals surface area contributed by atoms with Crippen LogP contribution in [0.2, 0.25) is 0 Å². The summed E-state index contributed by atoms with van der Waals surface area (Å²) in [7, 11) is 0. The zero-order valence-electron chi connectivity index (χ0n) is 27.8.